The first kappa shape index (κ1) is 20.8. The van der Waals surface area contributed by atoms with Crippen molar-refractivity contribution in [1.29, 1.82) is 0 Å². The standard InChI is InChI=1S/C20H15Cl2FN2O4/c1-2-8-29-20(28)11-4-3-5-12(9-11)24-17-16(22)18(26)25(19(17)27)13-6-7-15(23)14(21)10-13/h3-7,9-10,24H,2,8H2,1H3. The molecule has 0 radical (unpaired) electrons. The van der Waals surface area contributed by atoms with Crippen LogP contribution in [0.2, 0.25) is 5.02 Å². The fourth-order valence-electron chi connectivity index (χ4n) is 2.62. The van der Waals surface area contributed by atoms with Gasteiger partial charge in [0.1, 0.15) is 16.5 Å². The van der Waals surface area contributed by atoms with Gasteiger partial charge in [-0.05, 0) is 42.8 Å². The van der Waals surface area contributed by atoms with Crippen LogP contribution in [0.25, 0.3) is 0 Å². The van der Waals surface area contributed by atoms with Crippen molar-refractivity contribution in [2.45, 2.75) is 13.3 Å². The molecule has 0 spiro atoms. The number of carbonyl (C=O) groups is 3. The molecule has 0 fully saturated rings. The number of esters is 1. The predicted molar refractivity (Wildman–Crippen MR) is 107 cm³/mol. The van der Waals surface area contributed by atoms with E-state index in [1.54, 1.807) is 18.2 Å². The summed E-state index contributed by atoms with van der Waals surface area (Å²) < 4.78 is 18.5. The number of imide groups is 1. The summed E-state index contributed by atoms with van der Waals surface area (Å²) in [6, 6.07) is 9.68. The van der Waals surface area contributed by atoms with Crippen LogP contribution in [0, 0.1) is 5.82 Å². The van der Waals surface area contributed by atoms with E-state index in [0.717, 1.165) is 17.0 Å². The number of halogens is 3. The number of nitrogens with zero attached hydrogens (tertiary/aromatic N) is 1. The molecule has 0 unspecified atom stereocenters. The lowest BCUT2D eigenvalue weighted by Gasteiger charge is -2.15. The number of rotatable bonds is 6. The number of benzene rings is 2. The fraction of sp³-hybridized carbons (Fsp3) is 0.150. The van der Waals surface area contributed by atoms with Gasteiger partial charge in [-0.15, -0.1) is 0 Å². The topological polar surface area (TPSA) is 75.7 Å². The van der Waals surface area contributed by atoms with E-state index in [2.05, 4.69) is 5.32 Å². The average molecular weight is 437 g/mol. The van der Waals surface area contributed by atoms with Crippen LogP contribution in [-0.2, 0) is 14.3 Å². The van der Waals surface area contributed by atoms with Gasteiger partial charge in [0, 0.05) is 5.69 Å². The maximum Gasteiger partial charge on any atom is 0.338 e. The van der Waals surface area contributed by atoms with Crippen molar-refractivity contribution in [2.75, 3.05) is 16.8 Å². The largest absolute Gasteiger partial charge is 0.462 e. The average Bonchev–Trinajstić information content (AvgIpc) is 2.92. The molecule has 2 aromatic rings. The molecule has 1 heterocycles. The zero-order chi connectivity index (χ0) is 21.1. The first-order valence-electron chi connectivity index (χ1n) is 8.61. The van der Waals surface area contributed by atoms with Crippen molar-refractivity contribution in [1.82, 2.24) is 0 Å². The van der Waals surface area contributed by atoms with Gasteiger partial charge in [-0.1, -0.05) is 36.2 Å². The monoisotopic (exact) mass is 436 g/mol. The Morgan fingerprint density at radius 3 is 2.59 bits per heavy atom. The summed E-state index contributed by atoms with van der Waals surface area (Å²) in [6.45, 7) is 2.16. The van der Waals surface area contributed by atoms with Crippen molar-refractivity contribution in [2.24, 2.45) is 0 Å². The molecular weight excluding hydrogens is 422 g/mol. The molecule has 0 saturated heterocycles. The summed E-state index contributed by atoms with van der Waals surface area (Å²) >= 11 is 11.8. The van der Waals surface area contributed by atoms with Crippen molar-refractivity contribution < 1.29 is 23.5 Å². The van der Waals surface area contributed by atoms with Crippen LogP contribution in [0.4, 0.5) is 15.8 Å². The van der Waals surface area contributed by atoms with Crippen LogP contribution in [0.3, 0.4) is 0 Å². The van der Waals surface area contributed by atoms with Crippen LogP contribution in [0.15, 0.2) is 53.2 Å². The second kappa shape index (κ2) is 8.63. The van der Waals surface area contributed by atoms with Crippen LogP contribution >= 0.6 is 23.2 Å². The molecule has 2 aromatic carbocycles. The molecule has 9 heteroatoms. The molecular formula is C20H15Cl2FN2O4. The summed E-state index contributed by atoms with van der Waals surface area (Å²) in [4.78, 5) is 38.0. The van der Waals surface area contributed by atoms with Gasteiger partial charge in [-0.25, -0.2) is 14.1 Å². The summed E-state index contributed by atoms with van der Waals surface area (Å²) in [5, 5.41) is 2.19. The molecule has 2 amide bonds. The van der Waals surface area contributed by atoms with Crippen LogP contribution < -0.4 is 10.2 Å². The molecule has 0 atom stereocenters. The Morgan fingerprint density at radius 2 is 1.90 bits per heavy atom. The Labute approximate surface area is 175 Å². The van der Waals surface area contributed by atoms with E-state index in [1.807, 2.05) is 6.92 Å². The molecule has 6 nitrogen and oxygen atoms in total. The SMILES string of the molecule is CCCOC(=O)c1cccc(NC2=C(Cl)C(=O)N(c3ccc(F)c(Cl)c3)C2=O)c1. The van der Waals surface area contributed by atoms with Crippen LogP contribution in [-0.4, -0.2) is 24.4 Å². The number of amides is 2. The zero-order valence-corrected chi connectivity index (χ0v) is 16.7. The van der Waals surface area contributed by atoms with Gasteiger partial charge >= 0.3 is 5.97 Å². The minimum Gasteiger partial charge on any atom is -0.462 e. The number of carbonyl (C=O) groups excluding carboxylic acids is 3. The van der Waals surface area contributed by atoms with E-state index in [0.29, 0.717) is 12.1 Å². The van der Waals surface area contributed by atoms with E-state index < -0.39 is 23.6 Å². The number of hydrogen-bond acceptors (Lipinski definition) is 5. The molecule has 0 bridgehead atoms. The number of ether oxygens (including phenoxy) is 1. The number of anilines is 2. The Balaban J connectivity index is 1.84. The van der Waals surface area contributed by atoms with Crippen molar-refractivity contribution in [3.05, 3.63) is 69.6 Å². The maximum absolute atomic E-state index is 13.4. The predicted octanol–water partition coefficient (Wildman–Crippen LogP) is 4.48. The van der Waals surface area contributed by atoms with Gasteiger partial charge in [0.25, 0.3) is 11.8 Å². The molecule has 1 aliphatic heterocycles. The fourth-order valence-corrected chi connectivity index (χ4v) is 3.00. The summed E-state index contributed by atoms with van der Waals surface area (Å²) in [5.41, 5.74) is 0.554. The van der Waals surface area contributed by atoms with Crippen LogP contribution in [0.1, 0.15) is 23.7 Å². The highest BCUT2D eigenvalue weighted by molar-refractivity contribution is 6.53. The third-order valence-electron chi connectivity index (χ3n) is 3.99. The van der Waals surface area contributed by atoms with Crippen molar-refractivity contribution >= 4 is 52.4 Å². The Kier molecular flexibility index (Phi) is 6.20. The second-order valence-electron chi connectivity index (χ2n) is 6.07. The minimum atomic E-state index is -0.777. The summed E-state index contributed by atoms with van der Waals surface area (Å²) in [7, 11) is 0. The molecule has 150 valence electrons. The van der Waals surface area contributed by atoms with Crippen molar-refractivity contribution in [3.8, 4) is 0 Å². The van der Waals surface area contributed by atoms with E-state index in [4.69, 9.17) is 27.9 Å². The third kappa shape index (κ3) is 4.26. The van der Waals surface area contributed by atoms with Gasteiger partial charge in [-0.3, -0.25) is 9.59 Å². The lowest BCUT2D eigenvalue weighted by atomic mass is 10.2. The number of hydrogen-bond donors (Lipinski definition) is 1. The smallest absolute Gasteiger partial charge is 0.338 e. The van der Waals surface area contributed by atoms with E-state index in [-0.39, 0.29) is 33.6 Å². The molecule has 0 aromatic heterocycles. The van der Waals surface area contributed by atoms with Crippen LogP contribution in [0.5, 0.6) is 0 Å². The Morgan fingerprint density at radius 1 is 1.14 bits per heavy atom. The first-order valence-corrected chi connectivity index (χ1v) is 9.37. The third-order valence-corrected chi connectivity index (χ3v) is 4.63. The molecule has 3 rings (SSSR count). The van der Waals surface area contributed by atoms with Gasteiger partial charge in [-0.2, -0.15) is 0 Å². The quantitative estimate of drug-likeness (QED) is 0.533. The number of nitrogens with one attached hydrogen (secondary N) is 1. The van der Waals surface area contributed by atoms with E-state index >= 15 is 0 Å². The highest BCUT2D eigenvalue weighted by Crippen LogP contribution is 2.32. The highest BCUT2D eigenvalue weighted by atomic mass is 35.5. The molecule has 0 aliphatic carbocycles. The molecule has 0 saturated carbocycles. The zero-order valence-electron chi connectivity index (χ0n) is 15.2. The lowest BCUT2D eigenvalue weighted by Crippen LogP contribution is -2.32. The molecule has 1 N–H and O–H groups in total. The molecule has 29 heavy (non-hydrogen) atoms. The van der Waals surface area contributed by atoms with Gasteiger partial charge in [0.05, 0.1) is 22.9 Å². The highest BCUT2D eigenvalue weighted by Gasteiger charge is 2.39. The van der Waals surface area contributed by atoms with Gasteiger partial charge < -0.3 is 10.1 Å². The second-order valence-corrected chi connectivity index (χ2v) is 6.86. The summed E-state index contributed by atoms with van der Waals surface area (Å²) in [5.74, 6) is -2.70. The van der Waals surface area contributed by atoms with E-state index in [9.17, 15) is 18.8 Å². The van der Waals surface area contributed by atoms with Crippen molar-refractivity contribution in [3.63, 3.8) is 0 Å². The first-order chi connectivity index (χ1) is 13.8. The van der Waals surface area contributed by atoms with E-state index in [1.165, 1.54) is 12.1 Å². The normalized spacial score (nSPS) is 13.9. The maximum atomic E-state index is 13.4. The Bertz CT molecular complexity index is 1040. The molecule has 1 aliphatic rings. The van der Waals surface area contributed by atoms with Gasteiger partial charge in [0.15, 0.2) is 0 Å². The Hall–Kier alpha value is -2.90. The van der Waals surface area contributed by atoms with Gasteiger partial charge in [0.2, 0.25) is 0 Å². The lowest BCUT2D eigenvalue weighted by molar-refractivity contribution is -0.120. The minimum absolute atomic E-state index is 0.0817. The summed E-state index contributed by atoms with van der Waals surface area (Å²) in [6.07, 6.45) is 0.687.